The topological polar surface area (TPSA) is 0 Å². The molecule has 2 unspecified atom stereocenters. The van der Waals surface area contributed by atoms with E-state index in [-0.39, 0.29) is 5.25 Å². The molecule has 0 aromatic heterocycles. The summed E-state index contributed by atoms with van der Waals surface area (Å²) in [6.07, 6.45) is 11.8. The zero-order valence-corrected chi connectivity index (χ0v) is 15.0. The highest BCUT2D eigenvalue weighted by Crippen LogP contribution is 2.29. The average Bonchev–Trinajstić information content (AvgIpc) is 2.59. The molecule has 0 nitrogen and oxygen atoms in total. The molecule has 0 spiro atoms. The molecule has 0 heterocycles. The first kappa shape index (κ1) is 17.7. The smallest absolute Gasteiger partial charge is 0.0670 e. The van der Waals surface area contributed by atoms with Crippen molar-refractivity contribution in [3.05, 3.63) is 0 Å². The van der Waals surface area contributed by atoms with Crippen molar-refractivity contribution in [3.8, 4) is 0 Å². The highest BCUT2D eigenvalue weighted by atomic mass is 32.1. The summed E-state index contributed by atoms with van der Waals surface area (Å²) in [6.45, 7) is 2.26. The van der Waals surface area contributed by atoms with Crippen LogP contribution in [0.3, 0.4) is 0 Å². The minimum Gasteiger partial charge on any atom is -0.169 e. The minimum absolute atomic E-state index is 0.0968. The van der Waals surface area contributed by atoms with Crippen LogP contribution in [0.5, 0.6) is 0 Å². The normalized spacial score (nSPS) is 23.4. The maximum Gasteiger partial charge on any atom is 0.0670 e. The van der Waals surface area contributed by atoms with Gasteiger partial charge in [-0.3, -0.25) is 0 Å². The van der Waals surface area contributed by atoms with Gasteiger partial charge < -0.3 is 0 Å². The summed E-state index contributed by atoms with van der Waals surface area (Å²) < 4.78 is 0. The number of hydrogen-bond acceptors (Lipinski definition) is 4. The predicted octanol–water partition coefficient (Wildman–Crippen LogP) is 5.56. The van der Waals surface area contributed by atoms with Gasteiger partial charge >= 0.3 is 0 Å². The first-order valence-corrected chi connectivity index (χ1v) is 9.14. The molecule has 1 aliphatic rings. The quantitative estimate of drug-likeness (QED) is 0.334. The van der Waals surface area contributed by atoms with Gasteiger partial charge in [-0.1, -0.05) is 94.9 Å². The Hall–Kier alpha value is 0.620. The zero-order chi connectivity index (χ0) is 14.3. The summed E-state index contributed by atoms with van der Waals surface area (Å²) in [6, 6.07) is 0. The molecule has 0 aromatic carbocycles. The van der Waals surface area contributed by atoms with Gasteiger partial charge in [0, 0.05) is 20.9 Å². The first-order chi connectivity index (χ1) is 9.09. The van der Waals surface area contributed by atoms with Crippen LogP contribution in [0.25, 0.3) is 0 Å². The standard InChI is InChI=1S/C15H24S4/c1-2-3-4-5-6-7-8-9-10-11-12(16)14(18)15(19)13(11)17/h11-12,16H,2-10H2,1H3. The minimum atomic E-state index is 0.0968. The molecule has 1 aliphatic carbocycles. The summed E-state index contributed by atoms with van der Waals surface area (Å²) in [5.74, 6) is 0.318. The fraction of sp³-hybridized carbons (Fsp3) is 0.800. The van der Waals surface area contributed by atoms with Crippen molar-refractivity contribution < 1.29 is 0 Å². The van der Waals surface area contributed by atoms with Crippen molar-refractivity contribution in [1.29, 1.82) is 0 Å². The van der Waals surface area contributed by atoms with E-state index in [2.05, 4.69) is 19.6 Å². The third-order valence-corrected chi connectivity index (χ3v) is 6.26. The van der Waals surface area contributed by atoms with Crippen LogP contribution < -0.4 is 0 Å². The van der Waals surface area contributed by atoms with Crippen LogP contribution in [0.15, 0.2) is 0 Å². The van der Waals surface area contributed by atoms with Crippen molar-refractivity contribution in [3.63, 3.8) is 0 Å². The van der Waals surface area contributed by atoms with E-state index < -0.39 is 0 Å². The summed E-state index contributed by atoms with van der Waals surface area (Å²) in [4.78, 5) is 2.42. The molecule has 0 amide bonds. The molecule has 19 heavy (non-hydrogen) atoms. The van der Waals surface area contributed by atoms with Crippen LogP contribution in [-0.2, 0) is 0 Å². The highest BCUT2D eigenvalue weighted by Gasteiger charge is 2.37. The summed E-state index contributed by atoms with van der Waals surface area (Å²) in [5, 5.41) is 0.0968. The third-order valence-electron chi connectivity index (χ3n) is 3.80. The van der Waals surface area contributed by atoms with Crippen molar-refractivity contribution in [2.75, 3.05) is 0 Å². The molecule has 2 atom stereocenters. The molecule has 0 aliphatic heterocycles. The van der Waals surface area contributed by atoms with Gasteiger partial charge in [0.1, 0.15) is 0 Å². The maximum absolute atomic E-state index is 5.39. The molecule has 108 valence electrons. The number of thiol groups is 1. The van der Waals surface area contributed by atoms with Crippen molar-refractivity contribution >= 4 is 63.9 Å². The molecule has 1 saturated carbocycles. The second-order valence-corrected chi connectivity index (χ2v) is 7.22. The van der Waals surface area contributed by atoms with Gasteiger partial charge in [0.2, 0.25) is 0 Å². The van der Waals surface area contributed by atoms with Crippen molar-refractivity contribution in [1.82, 2.24) is 0 Å². The van der Waals surface area contributed by atoms with E-state index >= 15 is 0 Å². The van der Waals surface area contributed by atoms with Crippen molar-refractivity contribution in [2.45, 2.75) is 70.0 Å². The Balaban J connectivity index is 2.11. The van der Waals surface area contributed by atoms with E-state index in [0.717, 1.165) is 21.0 Å². The van der Waals surface area contributed by atoms with E-state index in [0.29, 0.717) is 5.92 Å². The second kappa shape index (κ2) is 9.54. The molecule has 0 aromatic rings. The van der Waals surface area contributed by atoms with Crippen molar-refractivity contribution in [2.24, 2.45) is 5.92 Å². The van der Waals surface area contributed by atoms with E-state index in [1.165, 1.54) is 51.4 Å². The number of rotatable bonds is 9. The van der Waals surface area contributed by atoms with Crippen LogP contribution >= 0.6 is 49.3 Å². The van der Waals surface area contributed by atoms with Gasteiger partial charge in [0.05, 0.1) is 4.86 Å². The molecular formula is C15H24S4. The molecule has 4 heteroatoms. The molecule has 0 saturated heterocycles. The molecule has 0 bridgehead atoms. The number of unbranched alkanes of at least 4 members (excludes halogenated alkanes) is 7. The lowest BCUT2D eigenvalue weighted by Crippen LogP contribution is -2.16. The summed E-state index contributed by atoms with van der Waals surface area (Å²) in [7, 11) is 0. The van der Waals surface area contributed by atoms with E-state index in [1.54, 1.807) is 0 Å². The largest absolute Gasteiger partial charge is 0.169 e. The van der Waals surface area contributed by atoms with Gasteiger partial charge in [0.15, 0.2) is 0 Å². The maximum atomic E-state index is 5.39. The Bertz CT molecular complexity index is 335. The average molecular weight is 333 g/mol. The Morgan fingerprint density at radius 3 is 1.84 bits per heavy atom. The summed E-state index contributed by atoms with van der Waals surface area (Å²) >= 11 is 20.5. The molecule has 1 rings (SSSR count). The van der Waals surface area contributed by atoms with E-state index in [4.69, 9.17) is 36.7 Å². The molecule has 1 fully saturated rings. The monoisotopic (exact) mass is 332 g/mol. The number of hydrogen-bond donors (Lipinski definition) is 1. The first-order valence-electron chi connectivity index (χ1n) is 7.40. The lowest BCUT2D eigenvalue weighted by Gasteiger charge is -2.13. The van der Waals surface area contributed by atoms with Gasteiger partial charge in [-0.05, 0) is 6.42 Å². The summed E-state index contributed by atoms with van der Waals surface area (Å²) in [5.41, 5.74) is 0. The Kier molecular flexibility index (Phi) is 8.87. The van der Waals surface area contributed by atoms with E-state index in [9.17, 15) is 0 Å². The van der Waals surface area contributed by atoms with Gasteiger partial charge in [0.25, 0.3) is 0 Å². The predicted molar refractivity (Wildman–Crippen MR) is 101 cm³/mol. The highest BCUT2D eigenvalue weighted by molar-refractivity contribution is 7.97. The fourth-order valence-corrected chi connectivity index (χ4v) is 4.13. The Labute approximate surface area is 139 Å². The molecule has 0 N–H and O–H groups in total. The lowest BCUT2D eigenvalue weighted by atomic mass is 9.98. The van der Waals surface area contributed by atoms with Gasteiger partial charge in [-0.2, -0.15) is 12.6 Å². The van der Waals surface area contributed by atoms with Crippen LogP contribution in [0.2, 0.25) is 0 Å². The lowest BCUT2D eigenvalue weighted by molar-refractivity contribution is 0.542. The third kappa shape index (κ3) is 5.49. The van der Waals surface area contributed by atoms with Crippen LogP contribution in [0, 0.1) is 5.92 Å². The number of thiocarbonyl (C=S) groups is 3. The Morgan fingerprint density at radius 2 is 1.37 bits per heavy atom. The second-order valence-electron chi connectivity index (χ2n) is 5.37. The van der Waals surface area contributed by atoms with Crippen LogP contribution in [0.1, 0.15) is 64.7 Å². The molecule has 0 radical (unpaired) electrons. The zero-order valence-electron chi connectivity index (χ0n) is 11.7. The molecular weight excluding hydrogens is 308 g/mol. The van der Waals surface area contributed by atoms with Gasteiger partial charge in [-0.25, -0.2) is 0 Å². The van der Waals surface area contributed by atoms with Crippen LogP contribution in [-0.4, -0.2) is 19.8 Å². The Morgan fingerprint density at radius 1 is 0.842 bits per heavy atom. The fourth-order valence-electron chi connectivity index (χ4n) is 2.54. The van der Waals surface area contributed by atoms with Gasteiger partial charge in [-0.15, -0.1) is 0 Å². The van der Waals surface area contributed by atoms with E-state index in [1.807, 2.05) is 0 Å². The van der Waals surface area contributed by atoms with Crippen LogP contribution in [0.4, 0.5) is 0 Å². The SMILES string of the molecule is CCCCCCCCCCC1C(=S)C(=S)C(=S)C1S.